The van der Waals surface area contributed by atoms with Gasteiger partial charge >= 0.3 is 0 Å². The summed E-state index contributed by atoms with van der Waals surface area (Å²) in [7, 11) is 0. The average Bonchev–Trinajstić information content (AvgIpc) is 3.21. The molecule has 2 aliphatic rings. The second-order valence-corrected chi connectivity index (χ2v) is 10.9. The molecule has 8 nitrogen and oxygen atoms in total. The predicted molar refractivity (Wildman–Crippen MR) is 141 cm³/mol. The summed E-state index contributed by atoms with van der Waals surface area (Å²) in [4.78, 5) is 14.3. The highest BCUT2D eigenvalue weighted by molar-refractivity contribution is 6.35. The molecule has 2 fully saturated rings. The molecule has 0 amide bonds. The molecule has 2 saturated heterocycles. The van der Waals surface area contributed by atoms with Crippen LogP contribution in [0.3, 0.4) is 0 Å². The molecule has 0 unspecified atom stereocenters. The number of nitrogens with zero attached hydrogens (tertiary/aromatic N) is 7. The Morgan fingerprint density at radius 2 is 2.00 bits per heavy atom. The number of aliphatic hydroxyl groups is 1. The van der Waals surface area contributed by atoms with E-state index < -0.39 is 0 Å². The molecule has 36 heavy (non-hydrogen) atoms. The van der Waals surface area contributed by atoms with Gasteiger partial charge < -0.3 is 14.9 Å². The number of aliphatic hydroxyl groups excluding tert-OH is 1. The van der Waals surface area contributed by atoms with Crippen molar-refractivity contribution in [2.75, 3.05) is 37.7 Å². The molecule has 0 bridgehead atoms. The first kappa shape index (κ1) is 25.2. The van der Waals surface area contributed by atoms with E-state index in [0.29, 0.717) is 39.1 Å². The summed E-state index contributed by atoms with van der Waals surface area (Å²) in [6, 6.07) is 7.70. The summed E-state index contributed by atoms with van der Waals surface area (Å²) in [5.41, 5.74) is 2.17. The molecular weight excluding hydrogens is 497 g/mol. The van der Waals surface area contributed by atoms with Gasteiger partial charge in [0.1, 0.15) is 17.4 Å². The number of aromatic nitrogens is 4. The highest BCUT2D eigenvalue weighted by Crippen LogP contribution is 2.35. The van der Waals surface area contributed by atoms with E-state index >= 15 is 0 Å². The Morgan fingerprint density at radius 1 is 1.19 bits per heavy atom. The third kappa shape index (κ3) is 4.78. The first-order chi connectivity index (χ1) is 17.4. The minimum atomic E-state index is -0.248. The molecule has 190 valence electrons. The second-order valence-electron chi connectivity index (χ2n) is 10.1. The molecule has 2 aliphatic heterocycles. The van der Waals surface area contributed by atoms with Gasteiger partial charge in [-0.1, -0.05) is 29.3 Å². The van der Waals surface area contributed by atoms with Crippen LogP contribution in [0.5, 0.6) is 0 Å². The van der Waals surface area contributed by atoms with Crippen molar-refractivity contribution in [3.05, 3.63) is 45.7 Å². The van der Waals surface area contributed by atoms with Crippen LogP contribution in [0.15, 0.2) is 24.4 Å². The lowest BCUT2D eigenvalue weighted by Crippen LogP contribution is -2.54. The van der Waals surface area contributed by atoms with Gasteiger partial charge in [-0.15, -0.1) is 0 Å². The summed E-state index contributed by atoms with van der Waals surface area (Å²) in [6.07, 6.45) is 5.05. The number of piperidine rings is 1. The van der Waals surface area contributed by atoms with Crippen molar-refractivity contribution in [3.63, 3.8) is 0 Å². The normalized spacial score (nSPS) is 20.8. The van der Waals surface area contributed by atoms with Gasteiger partial charge in [0.25, 0.3) is 0 Å². The van der Waals surface area contributed by atoms with Gasteiger partial charge in [0.2, 0.25) is 0 Å². The molecule has 5 rings (SSSR count). The van der Waals surface area contributed by atoms with Gasteiger partial charge in [-0.25, -0.2) is 14.6 Å². The zero-order chi connectivity index (χ0) is 25.4. The molecule has 10 heteroatoms. The minimum Gasteiger partial charge on any atom is -0.396 e. The van der Waals surface area contributed by atoms with E-state index in [9.17, 15) is 10.4 Å². The molecule has 4 heterocycles. The second kappa shape index (κ2) is 10.5. The van der Waals surface area contributed by atoms with Gasteiger partial charge in [0.15, 0.2) is 11.3 Å². The van der Waals surface area contributed by atoms with Crippen molar-refractivity contribution in [3.8, 4) is 6.07 Å². The van der Waals surface area contributed by atoms with E-state index in [1.54, 1.807) is 23.0 Å². The van der Waals surface area contributed by atoms with Crippen LogP contribution in [0.2, 0.25) is 10.0 Å². The largest absolute Gasteiger partial charge is 0.396 e. The Kier molecular flexibility index (Phi) is 7.36. The van der Waals surface area contributed by atoms with E-state index in [2.05, 4.69) is 32.9 Å². The topological polar surface area (TPSA) is 94.1 Å². The highest BCUT2D eigenvalue weighted by atomic mass is 35.5. The lowest BCUT2D eigenvalue weighted by molar-refractivity contribution is 0.0791. The van der Waals surface area contributed by atoms with Gasteiger partial charge in [0, 0.05) is 42.3 Å². The molecule has 0 saturated carbocycles. The number of fused-ring (bicyclic) bond motifs is 1. The fraction of sp³-hybridized carbons (Fsp3) is 0.538. The molecule has 2 aromatic heterocycles. The monoisotopic (exact) mass is 527 g/mol. The van der Waals surface area contributed by atoms with Gasteiger partial charge in [0.05, 0.1) is 12.2 Å². The first-order valence-corrected chi connectivity index (χ1v) is 13.3. The Hall–Kier alpha value is -2.44. The summed E-state index contributed by atoms with van der Waals surface area (Å²) in [5, 5.41) is 24.6. The van der Waals surface area contributed by atoms with Gasteiger partial charge in [-0.3, -0.25) is 0 Å². The van der Waals surface area contributed by atoms with Gasteiger partial charge in [-0.05, 0) is 69.2 Å². The number of nitriles is 1. The Labute approximate surface area is 221 Å². The van der Waals surface area contributed by atoms with Crippen LogP contribution in [0.4, 0.5) is 5.82 Å². The third-order valence-electron chi connectivity index (χ3n) is 7.84. The van der Waals surface area contributed by atoms with Crippen molar-refractivity contribution in [1.29, 1.82) is 5.26 Å². The quantitative estimate of drug-likeness (QED) is 0.482. The molecule has 1 N–H and O–H groups in total. The molecule has 1 aromatic carbocycles. The number of rotatable bonds is 7. The summed E-state index contributed by atoms with van der Waals surface area (Å²) in [5.74, 6) is 2.09. The highest BCUT2D eigenvalue weighted by Gasteiger charge is 2.37. The number of likely N-dealkylation sites (tertiary alicyclic amines) is 1. The SMILES string of the molecule is C[C@H](c1ccc(Cl)cc1Cl)n1nc(C#N)c2ncc(N3CC([C@@H]4CCCN([C@@H](C)CCO)C4)C3)nc21. The summed E-state index contributed by atoms with van der Waals surface area (Å²) >= 11 is 12.5. The van der Waals surface area contributed by atoms with Crippen LogP contribution in [-0.2, 0) is 0 Å². The van der Waals surface area contributed by atoms with Gasteiger partial charge in [-0.2, -0.15) is 10.4 Å². The van der Waals surface area contributed by atoms with E-state index in [4.69, 9.17) is 28.2 Å². The van der Waals surface area contributed by atoms with Crippen molar-refractivity contribution in [1.82, 2.24) is 24.6 Å². The number of anilines is 1. The summed E-state index contributed by atoms with van der Waals surface area (Å²) in [6.45, 7) is 8.55. The zero-order valence-corrected chi connectivity index (χ0v) is 22.1. The molecule has 3 atom stereocenters. The number of hydrogen-bond acceptors (Lipinski definition) is 7. The van der Waals surface area contributed by atoms with Crippen molar-refractivity contribution >= 4 is 40.2 Å². The van der Waals surface area contributed by atoms with E-state index in [0.717, 1.165) is 44.0 Å². The molecule has 3 aromatic rings. The van der Waals surface area contributed by atoms with Crippen LogP contribution in [-0.4, -0.2) is 68.6 Å². The van der Waals surface area contributed by atoms with Crippen LogP contribution >= 0.6 is 23.2 Å². The molecule has 0 radical (unpaired) electrons. The average molecular weight is 528 g/mol. The maximum Gasteiger partial charge on any atom is 0.190 e. The molecular formula is C26H31Cl2N7O. The zero-order valence-electron chi connectivity index (χ0n) is 20.6. The van der Waals surface area contributed by atoms with E-state index in [-0.39, 0.29) is 18.3 Å². The third-order valence-corrected chi connectivity index (χ3v) is 8.40. The van der Waals surface area contributed by atoms with Crippen LogP contribution in [0, 0.1) is 23.2 Å². The minimum absolute atomic E-state index is 0.244. The maximum absolute atomic E-state index is 9.64. The maximum atomic E-state index is 9.64. The number of hydrogen-bond donors (Lipinski definition) is 1. The Balaban J connectivity index is 1.34. The van der Waals surface area contributed by atoms with Crippen molar-refractivity contribution in [2.24, 2.45) is 11.8 Å². The Bertz CT molecular complexity index is 1280. The number of benzene rings is 1. The van der Waals surface area contributed by atoms with Crippen LogP contribution in [0.1, 0.15) is 50.4 Å². The fourth-order valence-electron chi connectivity index (χ4n) is 5.56. The standard InChI is InChI=1S/C26H31Cl2N7O/c1-16(7-9-36)33-8-3-4-18(13-33)19-14-34(15-19)24-12-30-25-23(11-29)32-35(26(25)31-24)17(2)21-6-5-20(27)10-22(21)28/h5-6,10,12,16-19,36H,3-4,7-9,13-15H2,1-2H3/t16-,17+,18+/m0/s1. The lowest BCUT2D eigenvalue weighted by Gasteiger charge is -2.48. The molecule has 0 aliphatic carbocycles. The van der Waals surface area contributed by atoms with E-state index in [1.807, 2.05) is 13.0 Å². The fourth-order valence-corrected chi connectivity index (χ4v) is 6.13. The first-order valence-electron chi connectivity index (χ1n) is 12.6. The smallest absolute Gasteiger partial charge is 0.190 e. The lowest BCUT2D eigenvalue weighted by atomic mass is 9.80. The molecule has 0 spiro atoms. The summed E-state index contributed by atoms with van der Waals surface area (Å²) < 4.78 is 1.73. The van der Waals surface area contributed by atoms with Crippen molar-refractivity contribution < 1.29 is 5.11 Å². The predicted octanol–water partition coefficient (Wildman–Crippen LogP) is 4.53. The van der Waals surface area contributed by atoms with Crippen LogP contribution < -0.4 is 4.90 Å². The Morgan fingerprint density at radius 3 is 2.72 bits per heavy atom. The van der Waals surface area contributed by atoms with Crippen LogP contribution in [0.25, 0.3) is 11.2 Å². The number of halogens is 2. The van der Waals surface area contributed by atoms with Crippen molar-refractivity contribution in [2.45, 2.75) is 45.2 Å². The van der Waals surface area contributed by atoms with E-state index in [1.165, 1.54) is 12.8 Å².